The summed E-state index contributed by atoms with van der Waals surface area (Å²) in [5.41, 5.74) is -0.388. The van der Waals surface area contributed by atoms with Crippen LogP contribution in [0.25, 0.3) is 0 Å². The molecule has 0 amide bonds. The lowest BCUT2D eigenvalue weighted by Crippen LogP contribution is -2.25. The maximum Gasteiger partial charge on any atom is 0.341 e. The van der Waals surface area contributed by atoms with E-state index < -0.39 is 17.7 Å². The van der Waals surface area contributed by atoms with E-state index >= 15 is 0 Å². The molecule has 18 heavy (non-hydrogen) atoms. The molecule has 0 saturated heterocycles. The number of carbonyl (C=O) groups is 1. The van der Waals surface area contributed by atoms with Crippen LogP contribution in [0.3, 0.4) is 0 Å². The Morgan fingerprint density at radius 2 is 2.22 bits per heavy atom. The first-order chi connectivity index (χ1) is 8.58. The first kappa shape index (κ1) is 12.9. The van der Waals surface area contributed by atoms with Gasteiger partial charge in [0.2, 0.25) is 5.95 Å². The molecule has 0 aromatic carbocycles. The van der Waals surface area contributed by atoms with Gasteiger partial charge in [0.25, 0.3) is 0 Å². The topological polar surface area (TPSA) is 39.2 Å². The predicted molar refractivity (Wildman–Crippen MR) is 61.0 cm³/mol. The second-order valence-corrected chi connectivity index (χ2v) is 4.76. The van der Waals surface area contributed by atoms with Gasteiger partial charge in [-0.05, 0) is 31.2 Å². The van der Waals surface area contributed by atoms with Crippen molar-refractivity contribution in [2.45, 2.75) is 38.7 Å². The third-order valence-electron chi connectivity index (χ3n) is 3.23. The van der Waals surface area contributed by atoms with Crippen molar-refractivity contribution in [1.29, 1.82) is 0 Å². The molecule has 2 unspecified atom stereocenters. The first-order valence-corrected chi connectivity index (χ1v) is 6.09. The Balaban J connectivity index is 2.05. The molecule has 1 aliphatic rings. The number of rotatable bonds is 2. The monoisotopic (exact) mass is 255 g/mol. The van der Waals surface area contributed by atoms with Crippen molar-refractivity contribution < 1.29 is 18.3 Å². The molecule has 1 saturated carbocycles. The van der Waals surface area contributed by atoms with Crippen molar-refractivity contribution in [3.8, 4) is 0 Å². The highest BCUT2D eigenvalue weighted by atomic mass is 19.2. The van der Waals surface area contributed by atoms with Crippen molar-refractivity contribution in [3.05, 3.63) is 29.6 Å². The largest absolute Gasteiger partial charge is 0.459 e. The summed E-state index contributed by atoms with van der Waals surface area (Å²) in [6, 6.07) is 1.13. The number of carbonyl (C=O) groups excluding carboxylic acids is 1. The summed E-state index contributed by atoms with van der Waals surface area (Å²) in [6.45, 7) is 2.09. The third-order valence-corrected chi connectivity index (χ3v) is 3.23. The van der Waals surface area contributed by atoms with E-state index in [1.807, 2.05) is 0 Å². The van der Waals surface area contributed by atoms with Gasteiger partial charge in [-0.2, -0.15) is 4.39 Å². The number of hydrogen-bond acceptors (Lipinski definition) is 3. The van der Waals surface area contributed by atoms with Crippen LogP contribution < -0.4 is 0 Å². The minimum atomic E-state index is -1.28. The summed E-state index contributed by atoms with van der Waals surface area (Å²) in [6.07, 6.45) is 4.53. The molecule has 0 radical (unpaired) electrons. The summed E-state index contributed by atoms with van der Waals surface area (Å²) in [4.78, 5) is 14.9. The Hall–Kier alpha value is -1.52. The molecule has 0 N–H and O–H groups in total. The average molecular weight is 255 g/mol. The molecule has 1 fully saturated rings. The smallest absolute Gasteiger partial charge is 0.341 e. The fraction of sp³-hybridized carbons (Fsp3) is 0.538. The Bertz CT molecular complexity index is 451. The number of hydrogen-bond donors (Lipinski definition) is 0. The molecule has 3 nitrogen and oxygen atoms in total. The van der Waals surface area contributed by atoms with Gasteiger partial charge in [-0.3, -0.25) is 0 Å². The quantitative estimate of drug-likeness (QED) is 0.602. The summed E-state index contributed by atoms with van der Waals surface area (Å²) in [5.74, 6) is -2.84. The van der Waals surface area contributed by atoms with Crippen LogP contribution in [0.4, 0.5) is 8.78 Å². The van der Waals surface area contributed by atoms with Crippen molar-refractivity contribution >= 4 is 5.97 Å². The highest BCUT2D eigenvalue weighted by Gasteiger charge is 2.25. The van der Waals surface area contributed by atoms with Gasteiger partial charge in [-0.1, -0.05) is 13.3 Å². The lowest BCUT2D eigenvalue weighted by molar-refractivity contribution is 0.0149. The van der Waals surface area contributed by atoms with Gasteiger partial charge >= 0.3 is 5.97 Å². The van der Waals surface area contributed by atoms with Crippen LogP contribution in [0.5, 0.6) is 0 Å². The van der Waals surface area contributed by atoms with Crippen molar-refractivity contribution in [2.75, 3.05) is 0 Å². The van der Waals surface area contributed by atoms with E-state index in [1.54, 1.807) is 0 Å². The molecule has 1 aromatic heterocycles. The molecule has 1 aromatic rings. The predicted octanol–water partition coefficient (Wildman–Crippen LogP) is 3.10. The van der Waals surface area contributed by atoms with E-state index in [1.165, 1.54) is 0 Å². The lowest BCUT2D eigenvalue weighted by Gasteiger charge is -2.26. The highest BCUT2D eigenvalue weighted by molar-refractivity contribution is 5.89. The fourth-order valence-corrected chi connectivity index (χ4v) is 2.28. The minimum absolute atomic E-state index is 0.197. The van der Waals surface area contributed by atoms with Crippen molar-refractivity contribution in [1.82, 2.24) is 4.98 Å². The normalized spacial score (nSPS) is 23.7. The van der Waals surface area contributed by atoms with Crippen LogP contribution >= 0.6 is 0 Å². The molecular formula is C13H15F2NO2. The van der Waals surface area contributed by atoms with Gasteiger partial charge < -0.3 is 4.74 Å². The molecule has 2 rings (SSSR count). The molecule has 1 aliphatic carbocycles. The maximum atomic E-state index is 13.3. The molecule has 5 heteroatoms. The summed E-state index contributed by atoms with van der Waals surface area (Å²) < 4.78 is 31.4. The lowest BCUT2D eigenvalue weighted by atomic mass is 9.89. The van der Waals surface area contributed by atoms with E-state index in [-0.39, 0.29) is 11.7 Å². The van der Waals surface area contributed by atoms with Gasteiger partial charge in [0.05, 0.1) is 0 Å². The SMILES string of the molecule is CC1CCCC(OC(=O)c2ccnc(F)c2F)C1. The second-order valence-electron chi connectivity index (χ2n) is 4.76. The number of halogens is 2. The Kier molecular flexibility index (Phi) is 3.89. The van der Waals surface area contributed by atoms with E-state index in [0.717, 1.165) is 37.9 Å². The van der Waals surface area contributed by atoms with Gasteiger partial charge in [0.15, 0.2) is 5.82 Å². The van der Waals surface area contributed by atoms with Gasteiger partial charge in [-0.15, -0.1) is 0 Å². The second kappa shape index (κ2) is 5.42. The molecule has 0 spiro atoms. The van der Waals surface area contributed by atoms with Gasteiger partial charge in [0, 0.05) is 6.20 Å². The van der Waals surface area contributed by atoms with Gasteiger partial charge in [-0.25, -0.2) is 14.2 Å². The number of nitrogens with zero attached hydrogens (tertiary/aromatic N) is 1. The molecular weight excluding hydrogens is 240 g/mol. The number of esters is 1. The van der Waals surface area contributed by atoms with Crippen LogP contribution in [0, 0.1) is 17.7 Å². The Morgan fingerprint density at radius 3 is 2.94 bits per heavy atom. The highest BCUT2D eigenvalue weighted by Crippen LogP contribution is 2.26. The van der Waals surface area contributed by atoms with Crippen LogP contribution in [0.1, 0.15) is 43.0 Å². The Morgan fingerprint density at radius 1 is 1.44 bits per heavy atom. The maximum absolute atomic E-state index is 13.3. The number of aromatic nitrogens is 1. The van der Waals surface area contributed by atoms with E-state index in [9.17, 15) is 13.6 Å². The van der Waals surface area contributed by atoms with Crippen LogP contribution in [-0.4, -0.2) is 17.1 Å². The summed E-state index contributed by atoms with van der Waals surface area (Å²) in [5, 5.41) is 0. The first-order valence-electron chi connectivity index (χ1n) is 6.09. The van der Waals surface area contributed by atoms with E-state index in [4.69, 9.17) is 4.74 Å². The molecule has 0 aliphatic heterocycles. The summed E-state index contributed by atoms with van der Waals surface area (Å²) in [7, 11) is 0. The van der Waals surface area contributed by atoms with Crippen molar-refractivity contribution in [3.63, 3.8) is 0 Å². The number of ether oxygens (including phenoxy) is 1. The van der Waals surface area contributed by atoms with Crippen LogP contribution in [0.15, 0.2) is 12.3 Å². The molecule has 98 valence electrons. The third kappa shape index (κ3) is 2.83. The number of pyridine rings is 1. The average Bonchev–Trinajstić information content (AvgIpc) is 2.32. The zero-order valence-corrected chi connectivity index (χ0v) is 10.2. The molecule has 2 atom stereocenters. The van der Waals surface area contributed by atoms with E-state index in [0.29, 0.717) is 5.92 Å². The fourth-order valence-electron chi connectivity index (χ4n) is 2.28. The zero-order chi connectivity index (χ0) is 13.1. The molecule has 1 heterocycles. The molecule has 0 bridgehead atoms. The summed E-state index contributed by atoms with van der Waals surface area (Å²) >= 11 is 0. The minimum Gasteiger partial charge on any atom is -0.459 e. The Labute approximate surface area is 104 Å². The van der Waals surface area contributed by atoms with Gasteiger partial charge in [0.1, 0.15) is 11.7 Å². The van der Waals surface area contributed by atoms with Crippen LogP contribution in [-0.2, 0) is 4.74 Å². The van der Waals surface area contributed by atoms with E-state index in [2.05, 4.69) is 11.9 Å². The zero-order valence-electron chi connectivity index (χ0n) is 10.2. The standard InChI is InChI=1S/C13H15F2NO2/c1-8-3-2-4-9(7-8)18-13(17)10-5-6-16-12(15)11(10)14/h5-6,8-9H,2-4,7H2,1H3. The van der Waals surface area contributed by atoms with Crippen LogP contribution in [0.2, 0.25) is 0 Å². The van der Waals surface area contributed by atoms with Crippen molar-refractivity contribution in [2.24, 2.45) is 5.92 Å².